The van der Waals surface area contributed by atoms with Crippen LogP contribution in [0.3, 0.4) is 0 Å². The van der Waals surface area contributed by atoms with Gasteiger partial charge in [-0.05, 0) is 37.5 Å². The fourth-order valence-corrected chi connectivity index (χ4v) is 3.09. The van der Waals surface area contributed by atoms with Crippen LogP contribution in [0.4, 0.5) is 0 Å². The molecule has 5 nitrogen and oxygen atoms in total. The Morgan fingerprint density at radius 1 is 1.32 bits per heavy atom. The molecule has 1 aliphatic rings. The lowest BCUT2D eigenvalue weighted by Gasteiger charge is -2.37. The summed E-state index contributed by atoms with van der Waals surface area (Å²) in [5, 5.41) is 3.00. The SMILES string of the molecule is COc1ccc(CNC(=O)C2CCCCC2(C)N)cc1OC. The van der Waals surface area contributed by atoms with Crippen molar-refractivity contribution < 1.29 is 14.3 Å². The molecule has 5 heteroatoms. The molecule has 2 unspecified atom stereocenters. The van der Waals surface area contributed by atoms with E-state index in [0.29, 0.717) is 18.0 Å². The third-order valence-electron chi connectivity index (χ3n) is 4.49. The van der Waals surface area contributed by atoms with Gasteiger partial charge in [0, 0.05) is 12.1 Å². The van der Waals surface area contributed by atoms with Crippen LogP contribution in [0.1, 0.15) is 38.2 Å². The lowest BCUT2D eigenvalue weighted by molar-refractivity contribution is -0.128. The molecule has 1 fully saturated rings. The van der Waals surface area contributed by atoms with E-state index in [1.165, 1.54) is 0 Å². The van der Waals surface area contributed by atoms with Crippen LogP contribution in [-0.4, -0.2) is 25.7 Å². The van der Waals surface area contributed by atoms with Crippen molar-refractivity contribution in [1.82, 2.24) is 5.32 Å². The van der Waals surface area contributed by atoms with E-state index in [1.54, 1.807) is 14.2 Å². The second kappa shape index (κ2) is 7.01. The number of rotatable bonds is 5. The molecular weight excluding hydrogens is 280 g/mol. The molecule has 0 saturated heterocycles. The maximum absolute atomic E-state index is 12.4. The van der Waals surface area contributed by atoms with Crippen LogP contribution in [0.2, 0.25) is 0 Å². The van der Waals surface area contributed by atoms with Gasteiger partial charge in [-0.25, -0.2) is 0 Å². The number of nitrogens with two attached hydrogens (primary N) is 1. The summed E-state index contributed by atoms with van der Waals surface area (Å²) in [5.41, 5.74) is 6.85. The number of carbonyl (C=O) groups excluding carboxylic acids is 1. The lowest BCUT2D eigenvalue weighted by Crippen LogP contribution is -2.52. The molecule has 0 aromatic heterocycles. The minimum absolute atomic E-state index is 0.0412. The quantitative estimate of drug-likeness (QED) is 0.875. The molecule has 0 aliphatic heterocycles. The van der Waals surface area contributed by atoms with Crippen LogP contribution in [0.25, 0.3) is 0 Å². The van der Waals surface area contributed by atoms with Crippen molar-refractivity contribution in [3.8, 4) is 11.5 Å². The third-order valence-corrected chi connectivity index (χ3v) is 4.49. The summed E-state index contributed by atoms with van der Waals surface area (Å²) < 4.78 is 10.5. The number of benzene rings is 1. The number of hydrogen-bond donors (Lipinski definition) is 2. The highest BCUT2D eigenvalue weighted by Gasteiger charge is 2.37. The molecule has 1 amide bonds. The van der Waals surface area contributed by atoms with E-state index in [9.17, 15) is 4.79 Å². The van der Waals surface area contributed by atoms with Crippen molar-refractivity contribution in [1.29, 1.82) is 0 Å². The van der Waals surface area contributed by atoms with Crippen LogP contribution in [0.5, 0.6) is 11.5 Å². The van der Waals surface area contributed by atoms with E-state index < -0.39 is 5.54 Å². The Hall–Kier alpha value is -1.75. The van der Waals surface area contributed by atoms with Crippen molar-refractivity contribution in [3.63, 3.8) is 0 Å². The molecule has 1 aliphatic carbocycles. The zero-order valence-electron chi connectivity index (χ0n) is 13.6. The molecule has 2 rings (SSSR count). The predicted octanol–water partition coefficient (Wildman–Crippen LogP) is 2.23. The number of ether oxygens (including phenoxy) is 2. The monoisotopic (exact) mass is 306 g/mol. The van der Waals surface area contributed by atoms with Crippen LogP contribution in [-0.2, 0) is 11.3 Å². The average molecular weight is 306 g/mol. The van der Waals surface area contributed by atoms with E-state index in [-0.39, 0.29) is 11.8 Å². The Morgan fingerprint density at radius 2 is 2.05 bits per heavy atom. The van der Waals surface area contributed by atoms with Crippen LogP contribution < -0.4 is 20.5 Å². The summed E-state index contributed by atoms with van der Waals surface area (Å²) in [4.78, 5) is 12.4. The second-order valence-corrected chi connectivity index (χ2v) is 6.21. The van der Waals surface area contributed by atoms with Crippen LogP contribution in [0, 0.1) is 5.92 Å². The maximum atomic E-state index is 12.4. The highest BCUT2D eigenvalue weighted by molar-refractivity contribution is 5.80. The van der Waals surface area contributed by atoms with E-state index >= 15 is 0 Å². The van der Waals surface area contributed by atoms with Crippen LogP contribution in [0.15, 0.2) is 18.2 Å². The summed E-state index contributed by atoms with van der Waals surface area (Å²) in [6, 6.07) is 5.64. The normalized spacial score (nSPS) is 24.6. The molecule has 122 valence electrons. The fraction of sp³-hybridized carbons (Fsp3) is 0.588. The Kier molecular flexibility index (Phi) is 5.29. The zero-order chi connectivity index (χ0) is 16.2. The van der Waals surface area contributed by atoms with Gasteiger partial charge in [0.25, 0.3) is 0 Å². The van der Waals surface area contributed by atoms with E-state index in [4.69, 9.17) is 15.2 Å². The number of hydrogen-bond acceptors (Lipinski definition) is 4. The predicted molar refractivity (Wildman–Crippen MR) is 85.9 cm³/mol. The highest BCUT2D eigenvalue weighted by Crippen LogP contribution is 2.32. The first-order valence-corrected chi connectivity index (χ1v) is 7.75. The van der Waals surface area contributed by atoms with Crippen molar-refractivity contribution in [2.75, 3.05) is 14.2 Å². The van der Waals surface area contributed by atoms with Gasteiger partial charge in [-0.2, -0.15) is 0 Å². The minimum Gasteiger partial charge on any atom is -0.493 e. The minimum atomic E-state index is -0.403. The Morgan fingerprint density at radius 3 is 2.68 bits per heavy atom. The largest absolute Gasteiger partial charge is 0.493 e. The highest BCUT2D eigenvalue weighted by atomic mass is 16.5. The molecule has 3 N–H and O–H groups in total. The van der Waals surface area contributed by atoms with E-state index in [0.717, 1.165) is 31.2 Å². The Bertz CT molecular complexity index is 529. The smallest absolute Gasteiger partial charge is 0.225 e. The van der Waals surface area contributed by atoms with Gasteiger partial charge in [0.05, 0.1) is 20.1 Å². The molecule has 0 bridgehead atoms. The Labute approximate surface area is 132 Å². The first-order chi connectivity index (χ1) is 10.5. The number of carbonyl (C=O) groups is 1. The molecule has 2 atom stereocenters. The van der Waals surface area contributed by atoms with Gasteiger partial charge >= 0.3 is 0 Å². The van der Waals surface area contributed by atoms with Gasteiger partial charge in [0.1, 0.15) is 0 Å². The first-order valence-electron chi connectivity index (χ1n) is 7.75. The van der Waals surface area contributed by atoms with Gasteiger partial charge < -0.3 is 20.5 Å². The van der Waals surface area contributed by atoms with Crippen molar-refractivity contribution in [2.45, 2.75) is 44.7 Å². The van der Waals surface area contributed by atoms with Gasteiger partial charge in [-0.15, -0.1) is 0 Å². The van der Waals surface area contributed by atoms with E-state index in [1.807, 2.05) is 25.1 Å². The van der Waals surface area contributed by atoms with Gasteiger partial charge in [0.2, 0.25) is 5.91 Å². The molecular formula is C17H26N2O3. The second-order valence-electron chi connectivity index (χ2n) is 6.21. The van der Waals surface area contributed by atoms with Crippen molar-refractivity contribution in [2.24, 2.45) is 11.7 Å². The topological polar surface area (TPSA) is 73.6 Å². The van der Waals surface area contributed by atoms with Crippen molar-refractivity contribution >= 4 is 5.91 Å². The third kappa shape index (κ3) is 3.71. The fourth-order valence-electron chi connectivity index (χ4n) is 3.09. The molecule has 1 saturated carbocycles. The number of methoxy groups -OCH3 is 2. The van der Waals surface area contributed by atoms with Gasteiger partial charge in [-0.3, -0.25) is 4.79 Å². The summed E-state index contributed by atoms with van der Waals surface area (Å²) >= 11 is 0. The average Bonchev–Trinajstić information content (AvgIpc) is 2.51. The number of amides is 1. The van der Waals surface area contributed by atoms with E-state index in [2.05, 4.69) is 5.32 Å². The first kappa shape index (κ1) is 16.6. The Balaban J connectivity index is 1.99. The molecule has 0 radical (unpaired) electrons. The maximum Gasteiger partial charge on any atom is 0.225 e. The van der Waals surface area contributed by atoms with Gasteiger partial charge in [0.15, 0.2) is 11.5 Å². The molecule has 0 heterocycles. The van der Waals surface area contributed by atoms with Crippen molar-refractivity contribution in [3.05, 3.63) is 23.8 Å². The van der Waals surface area contributed by atoms with Crippen LogP contribution >= 0.6 is 0 Å². The lowest BCUT2D eigenvalue weighted by atomic mass is 9.74. The summed E-state index contributed by atoms with van der Waals surface area (Å²) in [5.74, 6) is 1.27. The molecule has 0 spiro atoms. The van der Waals surface area contributed by atoms with Gasteiger partial charge in [-0.1, -0.05) is 18.9 Å². The summed E-state index contributed by atoms with van der Waals surface area (Å²) in [6.45, 7) is 2.44. The number of nitrogens with one attached hydrogen (secondary N) is 1. The zero-order valence-corrected chi connectivity index (χ0v) is 13.6. The summed E-state index contributed by atoms with van der Waals surface area (Å²) in [6.07, 6.45) is 3.94. The summed E-state index contributed by atoms with van der Waals surface area (Å²) in [7, 11) is 3.20. The molecule has 1 aromatic rings. The standard InChI is InChI=1S/C17H26N2O3/c1-17(18)9-5-4-6-13(17)16(20)19-11-12-7-8-14(21-2)15(10-12)22-3/h7-8,10,13H,4-6,9,11,18H2,1-3H3,(H,19,20). The molecule has 1 aromatic carbocycles. The molecule has 22 heavy (non-hydrogen) atoms.